The normalized spacial score (nSPS) is 19.0. The molecular formula is C16H19N3O2. The van der Waals surface area contributed by atoms with Crippen molar-refractivity contribution in [1.29, 1.82) is 0 Å². The summed E-state index contributed by atoms with van der Waals surface area (Å²) in [5.74, 6) is 0.630. The second-order valence-corrected chi connectivity index (χ2v) is 5.28. The third kappa shape index (κ3) is 2.63. The molecule has 0 saturated heterocycles. The zero-order valence-corrected chi connectivity index (χ0v) is 12.3. The molecule has 0 radical (unpaired) electrons. The van der Waals surface area contributed by atoms with Gasteiger partial charge in [0.15, 0.2) is 6.10 Å². The van der Waals surface area contributed by atoms with E-state index in [9.17, 15) is 4.79 Å². The van der Waals surface area contributed by atoms with Crippen molar-refractivity contribution in [3.63, 3.8) is 0 Å². The van der Waals surface area contributed by atoms with Crippen molar-refractivity contribution >= 4 is 5.91 Å². The Hall–Kier alpha value is -2.30. The highest BCUT2D eigenvalue weighted by atomic mass is 16.5. The van der Waals surface area contributed by atoms with E-state index in [4.69, 9.17) is 4.74 Å². The molecule has 2 unspecified atom stereocenters. The van der Waals surface area contributed by atoms with E-state index < -0.39 is 6.10 Å². The van der Waals surface area contributed by atoms with Crippen LogP contribution in [0, 0.1) is 0 Å². The third-order valence-corrected chi connectivity index (χ3v) is 3.92. The van der Waals surface area contributed by atoms with Crippen LogP contribution in [0.15, 0.2) is 42.9 Å². The Kier molecular flexibility index (Phi) is 3.64. The molecule has 21 heavy (non-hydrogen) atoms. The van der Waals surface area contributed by atoms with Crippen molar-refractivity contribution < 1.29 is 9.53 Å². The molecule has 2 aromatic rings. The molecule has 5 heteroatoms. The van der Waals surface area contributed by atoms with E-state index in [2.05, 4.69) is 28.7 Å². The summed E-state index contributed by atoms with van der Waals surface area (Å²) in [7, 11) is 0. The molecule has 1 aliphatic rings. The predicted molar refractivity (Wildman–Crippen MR) is 78.9 cm³/mol. The Morgan fingerprint density at radius 2 is 2.24 bits per heavy atom. The van der Waals surface area contributed by atoms with Gasteiger partial charge < -0.3 is 14.2 Å². The fourth-order valence-corrected chi connectivity index (χ4v) is 2.78. The van der Waals surface area contributed by atoms with Crippen molar-refractivity contribution in [2.75, 3.05) is 6.54 Å². The molecule has 2 aromatic heterocycles. The number of hydrogen-bond donors (Lipinski definition) is 0. The van der Waals surface area contributed by atoms with E-state index in [1.807, 2.05) is 17.0 Å². The monoisotopic (exact) mass is 285 g/mol. The van der Waals surface area contributed by atoms with Gasteiger partial charge in [0.1, 0.15) is 5.75 Å². The standard InChI is InChI=1S/C16H19N3O2/c1-12-15-6-4-8-18(15)9-10-19(12)16(20)13(2)21-14-5-3-7-17-11-14/h3-8,11-13H,9-10H2,1-2H3. The average molecular weight is 285 g/mol. The Balaban J connectivity index is 1.71. The van der Waals surface area contributed by atoms with Crippen LogP contribution in [0.2, 0.25) is 0 Å². The summed E-state index contributed by atoms with van der Waals surface area (Å²) in [5.41, 5.74) is 1.17. The predicted octanol–water partition coefficient (Wildman–Crippen LogP) is 2.25. The van der Waals surface area contributed by atoms with Gasteiger partial charge in [-0.05, 0) is 38.1 Å². The number of rotatable bonds is 3. The van der Waals surface area contributed by atoms with Gasteiger partial charge in [-0.1, -0.05) is 0 Å². The average Bonchev–Trinajstić information content (AvgIpc) is 2.97. The summed E-state index contributed by atoms with van der Waals surface area (Å²) in [5, 5.41) is 0. The molecule has 0 spiro atoms. The van der Waals surface area contributed by atoms with Gasteiger partial charge in [0, 0.05) is 31.2 Å². The maximum Gasteiger partial charge on any atom is 0.263 e. The number of nitrogens with zero attached hydrogens (tertiary/aromatic N) is 3. The Bertz CT molecular complexity index is 623. The summed E-state index contributed by atoms with van der Waals surface area (Å²) >= 11 is 0. The van der Waals surface area contributed by atoms with Crippen LogP contribution < -0.4 is 4.74 Å². The largest absolute Gasteiger partial charge is 0.479 e. The molecule has 5 nitrogen and oxygen atoms in total. The maximum atomic E-state index is 12.6. The van der Waals surface area contributed by atoms with Crippen LogP contribution in [-0.2, 0) is 11.3 Å². The van der Waals surface area contributed by atoms with Gasteiger partial charge >= 0.3 is 0 Å². The second-order valence-electron chi connectivity index (χ2n) is 5.28. The van der Waals surface area contributed by atoms with Crippen molar-refractivity contribution in [3.05, 3.63) is 48.5 Å². The minimum absolute atomic E-state index is 0.0128. The van der Waals surface area contributed by atoms with E-state index in [0.717, 1.165) is 6.54 Å². The highest BCUT2D eigenvalue weighted by Gasteiger charge is 2.30. The first-order valence-corrected chi connectivity index (χ1v) is 7.19. The molecule has 1 amide bonds. The highest BCUT2D eigenvalue weighted by Crippen LogP contribution is 2.26. The van der Waals surface area contributed by atoms with Gasteiger partial charge in [-0.25, -0.2) is 0 Å². The van der Waals surface area contributed by atoms with E-state index in [1.54, 1.807) is 25.4 Å². The van der Waals surface area contributed by atoms with Gasteiger partial charge in [-0.15, -0.1) is 0 Å². The number of carbonyl (C=O) groups is 1. The molecule has 3 rings (SSSR count). The van der Waals surface area contributed by atoms with E-state index in [-0.39, 0.29) is 11.9 Å². The second kappa shape index (κ2) is 5.60. The zero-order chi connectivity index (χ0) is 14.8. The number of fused-ring (bicyclic) bond motifs is 1. The summed E-state index contributed by atoms with van der Waals surface area (Å²) in [6.07, 6.45) is 4.84. The quantitative estimate of drug-likeness (QED) is 0.869. The lowest BCUT2D eigenvalue weighted by Crippen LogP contribution is -2.46. The first-order chi connectivity index (χ1) is 10.2. The van der Waals surface area contributed by atoms with Crippen LogP contribution in [-0.4, -0.2) is 33.0 Å². The third-order valence-electron chi connectivity index (χ3n) is 3.92. The van der Waals surface area contributed by atoms with Crippen LogP contribution in [0.4, 0.5) is 0 Å². The number of hydrogen-bond acceptors (Lipinski definition) is 3. The fraction of sp³-hybridized carbons (Fsp3) is 0.375. The molecule has 0 saturated carbocycles. The Morgan fingerprint density at radius 3 is 3.00 bits per heavy atom. The van der Waals surface area contributed by atoms with Crippen LogP contribution in [0.25, 0.3) is 0 Å². The Labute approximate surface area is 124 Å². The van der Waals surface area contributed by atoms with Crippen molar-refractivity contribution in [2.45, 2.75) is 32.5 Å². The van der Waals surface area contributed by atoms with Crippen LogP contribution in [0.5, 0.6) is 5.75 Å². The van der Waals surface area contributed by atoms with Crippen molar-refractivity contribution in [1.82, 2.24) is 14.5 Å². The minimum Gasteiger partial charge on any atom is -0.479 e. The first-order valence-electron chi connectivity index (χ1n) is 7.19. The molecule has 1 aliphatic heterocycles. The minimum atomic E-state index is -0.516. The summed E-state index contributed by atoms with van der Waals surface area (Å²) in [6.45, 7) is 5.38. The van der Waals surface area contributed by atoms with Crippen LogP contribution in [0.3, 0.4) is 0 Å². The van der Waals surface area contributed by atoms with Gasteiger partial charge in [-0.3, -0.25) is 9.78 Å². The topological polar surface area (TPSA) is 47.4 Å². The van der Waals surface area contributed by atoms with Gasteiger partial charge in [0.2, 0.25) is 0 Å². The van der Waals surface area contributed by atoms with E-state index in [0.29, 0.717) is 12.3 Å². The van der Waals surface area contributed by atoms with Gasteiger partial charge in [0.05, 0.1) is 12.2 Å². The molecule has 0 bridgehead atoms. The molecule has 2 atom stereocenters. The highest BCUT2D eigenvalue weighted by molar-refractivity contribution is 5.81. The number of aromatic nitrogens is 2. The summed E-state index contributed by atoms with van der Waals surface area (Å²) < 4.78 is 7.88. The van der Waals surface area contributed by atoms with Gasteiger partial charge in [-0.2, -0.15) is 0 Å². The lowest BCUT2D eigenvalue weighted by Gasteiger charge is -2.36. The zero-order valence-electron chi connectivity index (χ0n) is 12.3. The number of amides is 1. The first kappa shape index (κ1) is 13.7. The lowest BCUT2D eigenvalue weighted by atomic mass is 10.1. The van der Waals surface area contributed by atoms with E-state index >= 15 is 0 Å². The van der Waals surface area contributed by atoms with Crippen molar-refractivity contribution in [2.24, 2.45) is 0 Å². The lowest BCUT2D eigenvalue weighted by molar-refractivity contribution is -0.141. The SMILES string of the molecule is CC(Oc1cccnc1)C(=O)N1CCn2cccc2C1C. The fourth-order valence-electron chi connectivity index (χ4n) is 2.78. The molecule has 0 fully saturated rings. The molecular weight excluding hydrogens is 266 g/mol. The number of ether oxygens (including phenoxy) is 1. The summed E-state index contributed by atoms with van der Waals surface area (Å²) in [4.78, 5) is 18.5. The molecule has 0 aromatic carbocycles. The molecule has 0 N–H and O–H groups in total. The van der Waals surface area contributed by atoms with Gasteiger partial charge in [0.25, 0.3) is 5.91 Å². The van der Waals surface area contributed by atoms with Crippen LogP contribution >= 0.6 is 0 Å². The van der Waals surface area contributed by atoms with E-state index in [1.165, 1.54) is 5.69 Å². The maximum absolute atomic E-state index is 12.6. The molecule has 0 aliphatic carbocycles. The summed E-state index contributed by atoms with van der Waals surface area (Å²) in [6, 6.07) is 7.76. The number of pyridine rings is 1. The molecule has 3 heterocycles. The van der Waals surface area contributed by atoms with Crippen LogP contribution in [0.1, 0.15) is 25.6 Å². The molecule has 110 valence electrons. The number of carbonyl (C=O) groups excluding carboxylic acids is 1. The van der Waals surface area contributed by atoms with Crippen molar-refractivity contribution in [3.8, 4) is 5.75 Å². The Morgan fingerprint density at radius 1 is 1.38 bits per heavy atom. The smallest absolute Gasteiger partial charge is 0.263 e.